The monoisotopic (exact) mass is 331 g/mol. The molecule has 0 unspecified atom stereocenters. The Kier molecular flexibility index (Phi) is 4.61. The van der Waals surface area contributed by atoms with Crippen molar-refractivity contribution in [3.8, 4) is 0 Å². The summed E-state index contributed by atoms with van der Waals surface area (Å²) in [4.78, 5) is 14.1. The summed E-state index contributed by atoms with van der Waals surface area (Å²) in [5.41, 5.74) is 4.36. The third-order valence-electron chi connectivity index (χ3n) is 3.34. The van der Waals surface area contributed by atoms with Gasteiger partial charge in [0.05, 0.1) is 0 Å². The van der Waals surface area contributed by atoms with E-state index in [2.05, 4.69) is 48.0 Å². The first-order valence-electron chi connectivity index (χ1n) is 6.54. The number of carbonyl (C=O) groups excluding carboxylic acids is 1. The maximum absolute atomic E-state index is 12.3. The van der Waals surface area contributed by atoms with E-state index in [4.69, 9.17) is 0 Å². The highest BCUT2D eigenvalue weighted by atomic mass is 79.9. The van der Waals surface area contributed by atoms with Gasteiger partial charge in [-0.3, -0.25) is 4.79 Å². The standard InChI is InChI=1S/C17H18BrNO/c1-12-4-5-15(13(2)10-12)11-19(3)17(20)14-6-8-16(18)9-7-14/h4-10H,11H2,1-3H3. The molecule has 20 heavy (non-hydrogen) atoms. The average molecular weight is 332 g/mol. The summed E-state index contributed by atoms with van der Waals surface area (Å²) in [5, 5.41) is 0. The van der Waals surface area contributed by atoms with Gasteiger partial charge in [-0.25, -0.2) is 0 Å². The summed E-state index contributed by atoms with van der Waals surface area (Å²) < 4.78 is 0.978. The van der Waals surface area contributed by atoms with Crippen LogP contribution in [0.3, 0.4) is 0 Å². The first kappa shape index (κ1) is 14.8. The molecule has 0 saturated carbocycles. The number of rotatable bonds is 3. The lowest BCUT2D eigenvalue weighted by molar-refractivity contribution is 0.0785. The summed E-state index contributed by atoms with van der Waals surface area (Å²) in [6.45, 7) is 4.79. The van der Waals surface area contributed by atoms with Crippen LogP contribution in [0.2, 0.25) is 0 Å². The van der Waals surface area contributed by atoms with Gasteiger partial charge < -0.3 is 4.90 Å². The molecule has 0 N–H and O–H groups in total. The largest absolute Gasteiger partial charge is 0.337 e. The molecule has 0 heterocycles. The fraction of sp³-hybridized carbons (Fsp3) is 0.235. The Hall–Kier alpha value is -1.61. The number of aryl methyl sites for hydroxylation is 2. The van der Waals surface area contributed by atoms with Crippen molar-refractivity contribution in [2.45, 2.75) is 20.4 Å². The summed E-state index contributed by atoms with van der Waals surface area (Å²) in [6, 6.07) is 13.8. The Morgan fingerprint density at radius 3 is 2.35 bits per heavy atom. The Bertz CT molecular complexity index is 619. The Morgan fingerprint density at radius 1 is 1.10 bits per heavy atom. The lowest BCUT2D eigenvalue weighted by Crippen LogP contribution is -2.26. The molecule has 2 aromatic rings. The van der Waals surface area contributed by atoms with Crippen LogP contribution in [0.5, 0.6) is 0 Å². The summed E-state index contributed by atoms with van der Waals surface area (Å²) in [6.07, 6.45) is 0. The number of halogens is 1. The minimum atomic E-state index is 0.0393. The van der Waals surface area contributed by atoms with Crippen molar-refractivity contribution in [2.24, 2.45) is 0 Å². The van der Waals surface area contributed by atoms with Crippen LogP contribution < -0.4 is 0 Å². The minimum absolute atomic E-state index is 0.0393. The zero-order chi connectivity index (χ0) is 14.7. The third-order valence-corrected chi connectivity index (χ3v) is 3.87. The van der Waals surface area contributed by atoms with Crippen LogP contribution in [0.4, 0.5) is 0 Å². The second-order valence-electron chi connectivity index (χ2n) is 5.10. The smallest absolute Gasteiger partial charge is 0.253 e. The van der Waals surface area contributed by atoms with Gasteiger partial charge in [0.2, 0.25) is 0 Å². The number of benzene rings is 2. The first-order valence-corrected chi connectivity index (χ1v) is 7.34. The highest BCUT2D eigenvalue weighted by molar-refractivity contribution is 9.10. The van der Waals surface area contributed by atoms with Crippen molar-refractivity contribution in [2.75, 3.05) is 7.05 Å². The molecule has 0 bridgehead atoms. The highest BCUT2D eigenvalue weighted by Gasteiger charge is 2.12. The van der Waals surface area contributed by atoms with Crippen LogP contribution in [0.15, 0.2) is 46.9 Å². The SMILES string of the molecule is Cc1ccc(CN(C)C(=O)c2ccc(Br)cc2)c(C)c1. The summed E-state index contributed by atoms with van der Waals surface area (Å²) in [5.74, 6) is 0.0393. The second kappa shape index (κ2) is 6.23. The van der Waals surface area contributed by atoms with E-state index < -0.39 is 0 Å². The normalized spacial score (nSPS) is 10.4. The van der Waals surface area contributed by atoms with Crippen LogP contribution in [-0.4, -0.2) is 17.9 Å². The van der Waals surface area contributed by atoms with Crippen molar-refractivity contribution in [1.29, 1.82) is 0 Å². The van der Waals surface area contributed by atoms with Gasteiger partial charge in [-0.05, 0) is 49.2 Å². The van der Waals surface area contributed by atoms with Crippen LogP contribution in [0.25, 0.3) is 0 Å². The van der Waals surface area contributed by atoms with Crippen LogP contribution in [0, 0.1) is 13.8 Å². The maximum atomic E-state index is 12.3. The van der Waals surface area contributed by atoms with Gasteiger partial charge in [0.1, 0.15) is 0 Å². The fourth-order valence-corrected chi connectivity index (χ4v) is 2.43. The van der Waals surface area contributed by atoms with Crippen LogP contribution >= 0.6 is 15.9 Å². The van der Waals surface area contributed by atoms with E-state index >= 15 is 0 Å². The van der Waals surface area contributed by atoms with Gasteiger partial charge in [-0.1, -0.05) is 39.7 Å². The number of hydrogen-bond donors (Lipinski definition) is 0. The van der Waals surface area contributed by atoms with E-state index in [9.17, 15) is 4.79 Å². The molecule has 0 aliphatic heterocycles. The number of nitrogens with zero attached hydrogens (tertiary/aromatic N) is 1. The molecule has 0 aliphatic carbocycles. The van der Waals surface area contributed by atoms with Gasteiger partial charge in [0, 0.05) is 23.6 Å². The lowest BCUT2D eigenvalue weighted by Gasteiger charge is -2.19. The summed E-state index contributed by atoms with van der Waals surface area (Å²) >= 11 is 3.38. The molecular formula is C17H18BrNO. The molecule has 0 spiro atoms. The number of hydrogen-bond acceptors (Lipinski definition) is 1. The predicted molar refractivity (Wildman–Crippen MR) is 85.9 cm³/mol. The lowest BCUT2D eigenvalue weighted by atomic mass is 10.1. The molecule has 2 rings (SSSR count). The van der Waals surface area contributed by atoms with Gasteiger partial charge in [-0.15, -0.1) is 0 Å². The quantitative estimate of drug-likeness (QED) is 0.819. The molecule has 0 aliphatic rings. The number of amides is 1. The van der Waals surface area contributed by atoms with Gasteiger partial charge in [-0.2, -0.15) is 0 Å². The molecule has 0 radical (unpaired) electrons. The van der Waals surface area contributed by atoms with E-state index in [0.717, 1.165) is 4.47 Å². The zero-order valence-electron chi connectivity index (χ0n) is 12.0. The minimum Gasteiger partial charge on any atom is -0.337 e. The maximum Gasteiger partial charge on any atom is 0.253 e. The Labute approximate surface area is 128 Å². The second-order valence-corrected chi connectivity index (χ2v) is 6.01. The van der Waals surface area contributed by atoms with E-state index in [0.29, 0.717) is 12.1 Å². The molecule has 0 saturated heterocycles. The Morgan fingerprint density at radius 2 is 1.75 bits per heavy atom. The van der Waals surface area contributed by atoms with Gasteiger partial charge in [0.25, 0.3) is 5.91 Å². The molecule has 0 aromatic heterocycles. The van der Waals surface area contributed by atoms with E-state index in [1.165, 1.54) is 16.7 Å². The van der Waals surface area contributed by atoms with Crippen molar-refractivity contribution >= 4 is 21.8 Å². The van der Waals surface area contributed by atoms with Crippen molar-refractivity contribution in [1.82, 2.24) is 4.90 Å². The molecule has 2 aromatic carbocycles. The van der Waals surface area contributed by atoms with Crippen molar-refractivity contribution < 1.29 is 4.79 Å². The van der Waals surface area contributed by atoms with Crippen LogP contribution in [-0.2, 0) is 6.54 Å². The molecule has 0 atom stereocenters. The number of carbonyl (C=O) groups is 1. The molecule has 104 valence electrons. The molecule has 0 fully saturated rings. The average Bonchev–Trinajstić information content (AvgIpc) is 2.42. The topological polar surface area (TPSA) is 20.3 Å². The third kappa shape index (κ3) is 3.48. The van der Waals surface area contributed by atoms with E-state index in [1.807, 2.05) is 31.3 Å². The summed E-state index contributed by atoms with van der Waals surface area (Å²) in [7, 11) is 1.84. The predicted octanol–water partition coefficient (Wildman–Crippen LogP) is 4.34. The van der Waals surface area contributed by atoms with Crippen LogP contribution in [0.1, 0.15) is 27.0 Å². The van der Waals surface area contributed by atoms with E-state index in [1.54, 1.807) is 4.90 Å². The first-order chi connectivity index (χ1) is 9.47. The Balaban J connectivity index is 2.13. The fourth-order valence-electron chi connectivity index (χ4n) is 2.16. The highest BCUT2D eigenvalue weighted by Crippen LogP contribution is 2.15. The van der Waals surface area contributed by atoms with Gasteiger partial charge in [0.15, 0.2) is 0 Å². The van der Waals surface area contributed by atoms with Gasteiger partial charge >= 0.3 is 0 Å². The molecular weight excluding hydrogens is 314 g/mol. The van der Waals surface area contributed by atoms with Crippen molar-refractivity contribution in [3.05, 3.63) is 69.2 Å². The van der Waals surface area contributed by atoms with E-state index in [-0.39, 0.29) is 5.91 Å². The molecule has 2 nitrogen and oxygen atoms in total. The molecule has 3 heteroatoms. The van der Waals surface area contributed by atoms with Crippen molar-refractivity contribution in [3.63, 3.8) is 0 Å². The zero-order valence-corrected chi connectivity index (χ0v) is 13.6. The molecule has 1 amide bonds.